The highest BCUT2D eigenvalue weighted by Gasteiger charge is 2.42. The molecule has 0 saturated carbocycles. The molecule has 0 aliphatic heterocycles. The van der Waals surface area contributed by atoms with E-state index in [4.69, 9.17) is 0 Å². The Balaban J connectivity index is 5.68. The normalized spacial score (nSPS) is 14.5. The van der Waals surface area contributed by atoms with Crippen LogP contribution in [0.1, 0.15) is 69.2 Å². The van der Waals surface area contributed by atoms with Crippen molar-refractivity contribution in [3.63, 3.8) is 0 Å². The van der Waals surface area contributed by atoms with E-state index in [9.17, 15) is 0 Å². The summed E-state index contributed by atoms with van der Waals surface area (Å²) in [6.45, 7) is 24.1. The van der Waals surface area contributed by atoms with E-state index in [-0.39, 0.29) is 0 Å². The summed E-state index contributed by atoms with van der Waals surface area (Å²) in [6.07, 6.45) is 0. The van der Waals surface area contributed by atoms with Crippen LogP contribution < -0.4 is 0 Å². The molecule has 1 atom stereocenters. The van der Waals surface area contributed by atoms with E-state index in [1.807, 2.05) is 0 Å². The first-order chi connectivity index (χ1) is 9.64. The largest absolute Gasteiger partial charge is 0.145 e. The first-order valence-corrected chi connectivity index (χ1v) is 14.1. The third kappa shape index (κ3) is 4.26. The second kappa shape index (κ2) is 8.58. The first-order valence-electron chi connectivity index (χ1n) is 9.17. The lowest BCUT2D eigenvalue weighted by Gasteiger charge is -2.39. The van der Waals surface area contributed by atoms with Crippen molar-refractivity contribution in [2.45, 2.75) is 110 Å². The van der Waals surface area contributed by atoms with Gasteiger partial charge >= 0.3 is 0 Å². The van der Waals surface area contributed by atoms with Crippen molar-refractivity contribution in [1.29, 1.82) is 0 Å². The van der Waals surface area contributed by atoms with Crippen LogP contribution in [0.5, 0.6) is 0 Å². The van der Waals surface area contributed by atoms with Crippen molar-refractivity contribution in [3.05, 3.63) is 0 Å². The minimum Gasteiger partial charge on any atom is -0.130 e. The number of hydrogen-bond acceptors (Lipinski definition) is 0. The average Bonchev–Trinajstić information content (AvgIpc) is 2.40. The van der Waals surface area contributed by atoms with Gasteiger partial charge in [0.05, 0.1) is 8.07 Å². The van der Waals surface area contributed by atoms with E-state index in [1.54, 1.807) is 0 Å². The van der Waals surface area contributed by atoms with Crippen LogP contribution in [0.3, 0.4) is 0 Å². The summed E-state index contributed by atoms with van der Waals surface area (Å²) in [6, 6.07) is 4.15. The summed E-state index contributed by atoms with van der Waals surface area (Å²) in [5.41, 5.74) is 6.86. The van der Waals surface area contributed by atoms with Crippen molar-refractivity contribution in [2.75, 3.05) is 0 Å². The summed E-state index contributed by atoms with van der Waals surface area (Å²) in [7, 11) is -2.72. The fourth-order valence-corrected chi connectivity index (χ4v) is 13.7. The molecule has 0 fully saturated rings. The molecule has 21 heavy (non-hydrogen) atoms. The van der Waals surface area contributed by atoms with Crippen LogP contribution in [-0.2, 0) is 0 Å². The molecule has 0 nitrogen and oxygen atoms in total. The Labute approximate surface area is 137 Å². The van der Waals surface area contributed by atoms with Gasteiger partial charge in [0.25, 0.3) is 0 Å². The average molecular weight is 325 g/mol. The van der Waals surface area contributed by atoms with Crippen molar-refractivity contribution >= 4 is 16.1 Å². The molecule has 0 aromatic heterocycles. The molecule has 2 heteroatoms. The predicted molar refractivity (Wildman–Crippen MR) is 105 cm³/mol. The van der Waals surface area contributed by atoms with E-state index in [2.05, 4.69) is 80.7 Å². The lowest BCUT2D eigenvalue weighted by Crippen LogP contribution is -2.44. The number of hydrogen-bond donors (Lipinski definition) is 0. The van der Waals surface area contributed by atoms with E-state index < -0.39 is 16.1 Å². The van der Waals surface area contributed by atoms with Gasteiger partial charge in [-0.05, 0) is 16.6 Å². The van der Waals surface area contributed by atoms with Gasteiger partial charge in [0, 0.05) is 5.54 Å². The lowest BCUT2D eigenvalue weighted by molar-refractivity contribution is 0.838. The van der Waals surface area contributed by atoms with Gasteiger partial charge in [0.2, 0.25) is 0 Å². The van der Waals surface area contributed by atoms with Crippen LogP contribution in [0.15, 0.2) is 0 Å². The maximum absolute atomic E-state index is 3.96. The fraction of sp³-hybridized carbons (Fsp3) is 0.895. The Kier molecular flexibility index (Phi) is 8.58. The van der Waals surface area contributed by atoms with E-state index in [1.165, 1.54) is 18.1 Å². The topological polar surface area (TPSA) is 0 Å². The molecule has 0 rings (SSSR count). The molecule has 1 unspecified atom stereocenters. The summed E-state index contributed by atoms with van der Waals surface area (Å²) < 4.78 is 0. The van der Waals surface area contributed by atoms with Crippen molar-refractivity contribution < 1.29 is 0 Å². The van der Waals surface area contributed by atoms with Gasteiger partial charge in [-0.15, -0.1) is 11.5 Å². The summed E-state index contributed by atoms with van der Waals surface area (Å²) in [4.78, 5) is 0. The molecule has 0 bridgehead atoms. The smallest absolute Gasteiger partial charge is 0.130 e. The van der Waals surface area contributed by atoms with Gasteiger partial charge in [-0.25, -0.2) is 0 Å². The monoisotopic (exact) mass is 324 g/mol. The van der Waals surface area contributed by atoms with Gasteiger partial charge in [0.1, 0.15) is 8.07 Å². The minimum absolute atomic E-state index is 0.653. The predicted octanol–water partition coefficient (Wildman–Crippen LogP) is 7.11. The molecule has 124 valence electrons. The highest BCUT2D eigenvalue weighted by Crippen LogP contribution is 2.41. The second-order valence-electron chi connectivity index (χ2n) is 7.81. The Bertz CT molecular complexity index is 323. The Morgan fingerprint density at radius 2 is 1.00 bits per heavy atom. The molecular weight excluding hydrogens is 284 g/mol. The van der Waals surface area contributed by atoms with Crippen LogP contribution in [0.25, 0.3) is 0 Å². The maximum Gasteiger partial charge on any atom is 0.145 e. The molecule has 0 aliphatic rings. The fourth-order valence-electron chi connectivity index (χ4n) is 4.49. The van der Waals surface area contributed by atoms with Gasteiger partial charge in [-0.2, -0.15) is 0 Å². The molecule has 0 aromatic carbocycles. The third-order valence-electron chi connectivity index (χ3n) is 6.40. The molecular formula is C19H40Si2. The minimum atomic E-state index is -1.55. The Morgan fingerprint density at radius 1 is 0.667 bits per heavy atom. The van der Waals surface area contributed by atoms with E-state index >= 15 is 0 Å². The summed E-state index contributed by atoms with van der Waals surface area (Å²) in [5.74, 6) is 3.83. The molecule has 0 aliphatic carbocycles. The van der Waals surface area contributed by atoms with E-state index in [0.717, 1.165) is 16.6 Å². The zero-order chi connectivity index (χ0) is 16.8. The van der Waals surface area contributed by atoms with Crippen LogP contribution in [0.2, 0.25) is 40.3 Å². The zero-order valence-corrected chi connectivity index (χ0v) is 18.4. The van der Waals surface area contributed by atoms with E-state index in [0.29, 0.717) is 5.54 Å². The molecule has 0 N–H and O–H groups in total. The van der Waals surface area contributed by atoms with Crippen LogP contribution in [0, 0.1) is 11.5 Å². The molecule has 0 amide bonds. The highest BCUT2D eigenvalue weighted by molar-refractivity contribution is 6.91. The van der Waals surface area contributed by atoms with Crippen molar-refractivity contribution in [1.82, 2.24) is 0 Å². The van der Waals surface area contributed by atoms with Gasteiger partial charge in [0.15, 0.2) is 0 Å². The molecule has 0 heterocycles. The second-order valence-corrected chi connectivity index (χ2v) is 19.1. The highest BCUT2D eigenvalue weighted by atomic mass is 28.3. The summed E-state index contributed by atoms with van der Waals surface area (Å²) >= 11 is 0. The lowest BCUT2D eigenvalue weighted by atomic mass is 10.5. The molecule has 0 saturated heterocycles. The summed E-state index contributed by atoms with van der Waals surface area (Å²) in [5, 5.41) is 0. The van der Waals surface area contributed by atoms with Gasteiger partial charge in [-0.1, -0.05) is 87.4 Å². The van der Waals surface area contributed by atoms with Crippen molar-refractivity contribution in [2.24, 2.45) is 0 Å². The Morgan fingerprint density at radius 3 is 1.24 bits per heavy atom. The molecule has 0 radical (unpaired) electrons. The van der Waals surface area contributed by atoms with Gasteiger partial charge in [-0.3, -0.25) is 0 Å². The maximum atomic E-state index is 3.96. The standard InChI is InChI=1S/C19H40Si2/c1-11-20(12-2,13-3)19(10)14-15-21(16(4)5,17(6)7)18(8)9/h16-19H,11-13H2,1-10H3. The third-order valence-corrected chi connectivity index (χ3v) is 18.9. The molecule has 0 aromatic rings. The zero-order valence-electron chi connectivity index (χ0n) is 16.4. The number of rotatable bonds is 7. The molecule has 0 spiro atoms. The Hall–Kier alpha value is -0.00623. The quantitative estimate of drug-likeness (QED) is 0.346. The van der Waals surface area contributed by atoms with Crippen LogP contribution >= 0.6 is 0 Å². The van der Waals surface area contributed by atoms with Crippen molar-refractivity contribution in [3.8, 4) is 11.5 Å². The van der Waals surface area contributed by atoms with Crippen LogP contribution in [-0.4, -0.2) is 16.1 Å². The first kappa shape index (κ1) is 21.0. The SMILES string of the molecule is CC[Si](CC)(CC)C(C)C#C[Si](C(C)C)(C(C)C)C(C)C. The van der Waals surface area contributed by atoms with Gasteiger partial charge < -0.3 is 0 Å². The van der Waals surface area contributed by atoms with Crippen LogP contribution in [0.4, 0.5) is 0 Å².